The molecule has 0 aromatic carbocycles. The number of allylic oxidation sites excluding steroid dienone is 8. The van der Waals surface area contributed by atoms with Crippen molar-refractivity contribution in [3.05, 3.63) is 46.1 Å². The molecule has 0 aromatic rings. The van der Waals surface area contributed by atoms with E-state index in [2.05, 4.69) is 75.7 Å². The summed E-state index contributed by atoms with van der Waals surface area (Å²) < 4.78 is 0. The Hall–Kier alpha value is -0.560. The minimum atomic E-state index is 0.420. The standard InChI is InChI=1S/C26H43Br/c1-21(11-7-13-22(2)15-10-20-27)12-8-14-23(3)17-18-25-24(4)16-9-19-26(25,5)6/h11,14-15H,7-10,12-13,16-20H2,1-6H3/b21-11+,22-15+,23-14+. The van der Waals surface area contributed by atoms with Crippen LogP contribution in [-0.4, -0.2) is 5.33 Å². The number of hydrogen-bond donors (Lipinski definition) is 0. The molecular formula is C26H43Br. The van der Waals surface area contributed by atoms with Crippen LogP contribution in [0, 0.1) is 5.41 Å². The number of hydrogen-bond acceptors (Lipinski definition) is 0. The zero-order chi connectivity index (χ0) is 20.3. The molecule has 0 saturated carbocycles. The first kappa shape index (κ1) is 24.5. The van der Waals surface area contributed by atoms with E-state index in [1.54, 1.807) is 22.3 Å². The van der Waals surface area contributed by atoms with Crippen LogP contribution in [0.2, 0.25) is 0 Å². The molecular weight excluding hydrogens is 392 g/mol. The van der Waals surface area contributed by atoms with Crippen LogP contribution in [0.5, 0.6) is 0 Å². The molecule has 0 heterocycles. The molecule has 0 nitrogen and oxygen atoms in total. The van der Waals surface area contributed by atoms with Crippen molar-refractivity contribution in [2.45, 2.75) is 106 Å². The molecule has 0 N–H and O–H groups in total. The molecule has 1 aliphatic carbocycles. The van der Waals surface area contributed by atoms with Crippen LogP contribution in [0.3, 0.4) is 0 Å². The maximum Gasteiger partial charge on any atom is 0.00660 e. The SMILES string of the molecule is CC1=C(CC/C(C)=C/CC/C(C)=C/CC/C(C)=C/CCBr)C(C)(C)CCC1. The molecule has 0 fully saturated rings. The van der Waals surface area contributed by atoms with Crippen LogP contribution in [0.25, 0.3) is 0 Å². The van der Waals surface area contributed by atoms with Gasteiger partial charge in [0.25, 0.3) is 0 Å². The summed E-state index contributed by atoms with van der Waals surface area (Å²) in [6.07, 6.45) is 19.7. The fourth-order valence-corrected chi connectivity index (χ4v) is 4.48. The first-order valence-corrected chi connectivity index (χ1v) is 12.1. The monoisotopic (exact) mass is 434 g/mol. The van der Waals surface area contributed by atoms with E-state index in [0.29, 0.717) is 5.41 Å². The summed E-state index contributed by atoms with van der Waals surface area (Å²) in [5.74, 6) is 0. The van der Waals surface area contributed by atoms with Gasteiger partial charge >= 0.3 is 0 Å². The lowest BCUT2D eigenvalue weighted by molar-refractivity contribution is 0.354. The Morgan fingerprint density at radius 1 is 0.889 bits per heavy atom. The van der Waals surface area contributed by atoms with Gasteiger partial charge in [0, 0.05) is 5.33 Å². The normalized spacial score (nSPS) is 19.0. The second-order valence-electron chi connectivity index (χ2n) is 9.20. The topological polar surface area (TPSA) is 0 Å². The molecule has 0 bridgehead atoms. The van der Waals surface area contributed by atoms with Gasteiger partial charge in [0.05, 0.1) is 0 Å². The first-order chi connectivity index (χ1) is 12.8. The molecule has 0 radical (unpaired) electrons. The van der Waals surface area contributed by atoms with Crippen molar-refractivity contribution in [2.24, 2.45) is 5.41 Å². The van der Waals surface area contributed by atoms with Crippen molar-refractivity contribution in [1.82, 2.24) is 0 Å². The molecule has 1 aliphatic rings. The summed E-state index contributed by atoms with van der Waals surface area (Å²) in [7, 11) is 0. The van der Waals surface area contributed by atoms with E-state index in [1.165, 1.54) is 63.4 Å². The highest BCUT2D eigenvalue weighted by Gasteiger charge is 2.27. The third-order valence-corrected chi connectivity index (χ3v) is 6.58. The Morgan fingerprint density at radius 2 is 1.41 bits per heavy atom. The molecule has 1 heteroatoms. The fourth-order valence-electron chi connectivity index (χ4n) is 4.25. The van der Waals surface area contributed by atoms with E-state index in [4.69, 9.17) is 0 Å². The Balaban J connectivity index is 2.36. The van der Waals surface area contributed by atoms with Crippen LogP contribution in [0.4, 0.5) is 0 Å². The van der Waals surface area contributed by atoms with Crippen LogP contribution < -0.4 is 0 Å². The highest BCUT2D eigenvalue weighted by Crippen LogP contribution is 2.42. The summed E-state index contributed by atoms with van der Waals surface area (Å²) in [5, 5.41) is 1.07. The molecule has 1 rings (SSSR count). The third kappa shape index (κ3) is 9.97. The molecule has 154 valence electrons. The van der Waals surface area contributed by atoms with Crippen molar-refractivity contribution in [3.63, 3.8) is 0 Å². The van der Waals surface area contributed by atoms with Crippen molar-refractivity contribution in [3.8, 4) is 0 Å². The Kier molecular flexibility index (Phi) is 11.6. The summed E-state index contributed by atoms with van der Waals surface area (Å²) in [6, 6.07) is 0. The number of rotatable bonds is 11. The second-order valence-corrected chi connectivity index (χ2v) is 10.00. The lowest BCUT2D eigenvalue weighted by Crippen LogP contribution is -2.20. The second kappa shape index (κ2) is 12.8. The van der Waals surface area contributed by atoms with Gasteiger partial charge in [0.2, 0.25) is 0 Å². The quantitative estimate of drug-likeness (QED) is 0.224. The zero-order valence-corrected chi connectivity index (χ0v) is 20.5. The Morgan fingerprint density at radius 3 is 1.93 bits per heavy atom. The van der Waals surface area contributed by atoms with Gasteiger partial charge in [-0.15, -0.1) is 0 Å². The van der Waals surface area contributed by atoms with E-state index in [0.717, 1.165) is 11.8 Å². The van der Waals surface area contributed by atoms with Crippen molar-refractivity contribution in [1.29, 1.82) is 0 Å². The van der Waals surface area contributed by atoms with Gasteiger partial charge in [-0.25, -0.2) is 0 Å². The lowest BCUT2D eigenvalue weighted by atomic mass is 9.71. The van der Waals surface area contributed by atoms with Crippen LogP contribution in [0.1, 0.15) is 106 Å². The fraction of sp³-hybridized carbons (Fsp3) is 0.692. The van der Waals surface area contributed by atoms with Gasteiger partial charge in [-0.3, -0.25) is 0 Å². The lowest BCUT2D eigenvalue weighted by Gasteiger charge is -2.35. The highest BCUT2D eigenvalue weighted by molar-refractivity contribution is 9.09. The van der Waals surface area contributed by atoms with E-state index < -0.39 is 0 Å². The predicted molar refractivity (Wildman–Crippen MR) is 128 cm³/mol. The van der Waals surface area contributed by atoms with Gasteiger partial charge in [-0.2, -0.15) is 0 Å². The summed E-state index contributed by atoms with van der Waals surface area (Å²) in [6.45, 7) is 14.1. The molecule has 0 unspecified atom stereocenters. The van der Waals surface area contributed by atoms with E-state index in [-0.39, 0.29) is 0 Å². The number of alkyl halides is 1. The minimum absolute atomic E-state index is 0.420. The molecule has 0 aromatic heterocycles. The average Bonchev–Trinajstić information content (AvgIpc) is 2.59. The van der Waals surface area contributed by atoms with Crippen molar-refractivity contribution in [2.75, 3.05) is 5.33 Å². The van der Waals surface area contributed by atoms with Crippen molar-refractivity contribution < 1.29 is 0 Å². The van der Waals surface area contributed by atoms with Crippen LogP contribution in [0.15, 0.2) is 46.1 Å². The van der Waals surface area contributed by atoms with Gasteiger partial charge < -0.3 is 0 Å². The van der Waals surface area contributed by atoms with E-state index in [9.17, 15) is 0 Å². The highest BCUT2D eigenvalue weighted by atomic mass is 79.9. The largest absolute Gasteiger partial charge is 0.0925 e. The van der Waals surface area contributed by atoms with E-state index in [1.807, 2.05) is 0 Å². The molecule has 0 amide bonds. The van der Waals surface area contributed by atoms with Gasteiger partial charge in [-0.1, -0.05) is 75.9 Å². The smallest absolute Gasteiger partial charge is 0.00660 e. The Bertz CT molecular complexity index is 569. The Labute approximate surface area is 178 Å². The minimum Gasteiger partial charge on any atom is -0.0925 e. The number of halogens is 1. The molecule has 27 heavy (non-hydrogen) atoms. The maximum absolute atomic E-state index is 3.49. The molecule has 0 atom stereocenters. The van der Waals surface area contributed by atoms with Gasteiger partial charge in [-0.05, 0) is 97.3 Å². The zero-order valence-electron chi connectivity index (χ0n) is 18.9. The summed E-state index contributed by atoms with van der Waals surface area (Å²) >= 11 is 3.49. The maximum atomic E-state index is 3.49. The first-order valence-electron chi connectivity index (χ1n) is 11.0. The van der Waals surface area contributed by atoms with Gasteiger partial charge in [0.15, 0.2) is 0 Å². The summed E-state index contributed by atoms with van der Waals surface area (Å²) in [4.78, 5) is 0. The average molecular weight is 436 g/mol. The molecule has 0 saturated heterocycles. The van der Waals surface area contributed by atoms with E-state index >= 15 is 0 Å². The van der Waals surface area contributed by atoms with Gasteiger partial charge in [0.1, 0.15) is 0 Å². The molecule has 0 aliphatic heterocycles. The third-order valence-electron chi connectivity index (χ3n) is 6.12. The molecule has 0 spiro atoms. The van der Waals surface area contributed by atoms with Crippen molar-refractivity contribution >= 4 is 15.9 Å². The summed E-state index contributed by atoms with van der Waals surface area (Å²) in [5.41, 5.74) is 8.45. The predicted octanol–water partition coefficient (Wildman–Crippen LogP) is 9.48. The van der Waals surface area contributed by atoms with Crippen LogP contribution >= 0.6 is 15.9 Å². The van der Waals surface area contributed by atoms with Crippen LogP contribution in [-0.2, 0) is 0 Å².